The van der Waals surface area contributed by atoms with E-state index in [0.29, 0.717) is 24.0 Å². The lowest BCUT2D eigenvalue weighted by atomic mass is 10.1. The summed E-state index contributed by atoms with van der Waals surface area (Å²) in [5, 5.41) is 0. The van der Waals surface area contributed by atoms with Gasteiger partial charge in [-0.2, -0.15) is 0 Å². The van der Waals surface area contributed by atoms with E-state index in [1.165, 1.54) is 75.6 Å². The van der Waals surface area contributed by atoms with Crippen molar-refractivity contribution in [3.05, 3.63) is 35.4 Å². The number of hydrogen-bond donors (Lipinski definition) is 4. The molecule has 36 heavy (non-hydrogen) atoms. The van der Waals surface area contributed by atoms with Crippen LogP contribution < -0.4 is 21.7 Å². The lowest BCUT2D eigenvalue weighted by Gasteiger charge is -2.09. The Balaban J connectivity index is 2.22. The van der Waals surface area contributed by atoms with Gasteiger partial charge in [-0.05, 0) is 37.1 Å². The van der Waals surface area contributed by atoms with E-state index in [1.807, 2.05) is 0 Å². The van der Waals surface area contributed by atoms with E-state index in [-0.39, 0.29) is 11.8 Å². The molecule has 0 aliphatic carbocycles. The number of hydrazine groups is 2. The minimum atomic E-state index is -0.460. The molecule has 0 radical (unpaired) electrons. The van der Waals surface area contributed by atoms with Gasteiger partial charge in [-0.25, -0.2) is 0 Å². The van der Waals surface area contributed by atoms with Gasteiger partial charge in [0, 0.05) is 24.0 Å². The van der Waals surface area contributed by atoms with Gasteiger partial charge in [-0.3, -0.25) is 40.9 Å². The molecule has 0 aromatic heterocycles. The van der Waals surface area contributed by atoms with Gasteiger partial charge in [0.15, 0.2) is 0 Å². The molecule has 4 N–H and O–H groups in total. The second-order valence-corrected chi connectivity index (χ2v) is 9.32. The summed E-state index contributed by atoms with van der Waals surface area (Å²) in [6.45, 7) is 4.37. The van der Waals surface area contributed by atoms with Crippen molar-refractivity contribution in [2.75, 3.05) is 0 Å². The van der Waals surface area contributed by atoms with E-state index in [2.05, 4.69) is 35.6 Å². The smallest absolute Gasteiger partial charge is 0.269 e. The van der Waals surface area contributed by atoms with Crippen molar-refractivity contribution in [2.45, 2.75) is 117 Å². The van der Waals surface area contributed by atoms with Crippen LogP contribution in [0.15, 0.2) is 24.3 Å². The molecule has 0 heterocycles. The highest BCUT2D eigenvalue weighted by Crippen LogP contribution is 2.09. The number of benzene rings is 1. The minimum Gasteiger partial charge on any atom is -0.273 e. The Labute approximate surface area is 216 Å². The average Bonchev–Trinajstić information content (AvgIpc) is 2.89. The van der Waals surface area contributed by atoms with E-state index in [0.717, 1.165) is 38.5 Å². The van der Waals surface area contributed by atoms with Gasteiger partial charge in [0.05, 0.1) is 0 Å². The summed E-state index contributed by atoms with van der Waals surface area (Å²) >= 11 is 0. The van der Waals surface area contributed by atoms with Crippen LogP contribution in [0.2, 0.25) is 0 Å². The first kappa shape index (κ1) is 31.1. The molecule has 8 nitrogen and oxygen atoms in total. The minimum absolute atomic E-state index is 0.222. The number of hydrogen-bond acceptors (Lipinski definition) is 4. The summed E-state index contributed by atoms with van der Waals surface area (Å²) in [4.78, 5) is 48.3. The van der Waals surface area contributed by atoms with Gasteiger partial charge in [0.1, 0.15) is 0 Å². The van der Waals surface area contributed by atoms with Gasteiger partial charge in [-0.1, -0.05) is 90.9 Å². The van der Waals surface area contributed by atoms with E-state index in [9.17, 15) is 19.2 Å². The Morgan fingerprint density at radius 1 is 0.472 bits per heavy atom. The summed E-state index contributed by atoms with van der Waals surface area (Å²) in [6.07, 6.45) is 16.5. The zero-order valence-electron chi connectivity index (χ0n) is 22.3. The topological polar surface area (TPSA) is 116 Å². The lowest BCUT2D eigenvalue weighted by molar-refractivity contribution is -0.122. The maximum atomic E-state index is 12.2. The fourth-order valence-corrected chi connectivity index (χ4v) is 3.78. The van der Waals surface area contributed by atoms with E-state index >= 15 is 0 Å². The third-order valence-corrected chi connectivity index (χ3v) is 6.05. The number of carbonyl (C=O) groups excluding carboxylic acids is 4. The molecule has 0 bridgehead atoms. The van der Waals surface area contributed by atoms with Crippen molar-refractivity contribution in [1.82, 2.24) is 21.7 Å². The summed E-state index contributed by atoms with van der Waals surface area (Å²) in [6, 6.07) is 5.97. The fraction of sp³-hybridized carbons (Fsp3) is 0.643. The molecule has 0 spiro atoms. The first-order chi connectivity index (χ1) is 17.5. The Kier molecular flexibility index (Phi) is 17.6. The highest BCUT2D eigenvalue weighted by molar-refractivity contribution is 5.98. The van der Waals surface area contributed by atoms with E-state index in [1.54, 1.807) is 0 Å². The summed E-state index contributed by atoms with van der Waals surface area (Å²) in [5.41, 5.74) is 10.3. The third kappa shape index (κ3) is 15.2. The van der Waals surface area contributed by atoms with Crippen LogP contribution in [0.25, 0.3) is 0 Å². The van der Waals surface area contributed by atoms with E-state index < -0.39 is 11.8 Å². The Morgan fingerprint density at radius 2 is 0.778 bits per heavy atom. The van der Waals surface area contributed by atoms with Crippen molar-refractivity contribution in [3.63, 3.8) is 0 Å². The summed E-state index contributed by atoms with van der Waals surface area (Å²) in [5.74, 6) is -1.36. The molecule has 202 valence electrons. The van der Waals surface area contributed by atoms with Crippen molar-refractivity contribution in [3.8, 4) is 0 Å². The standard InChI is InChI=1S/C28H46N4O4/c1-3-5-7-9-11-13-15-17-25(33)29-31-27(35)23-19-21-24(22-20-23)28(36)32-30-26(34)18-16-14-12-10-8-6-4-2/h19-22H,3-18H2,1-2H3,(H,29,33)(H,30,34)(H,31,35)(H,32,36). The molecule has 0 saturated carbocycles. The van der Waals surface area contributed by atoms with Crippen molar-refractivity contribution >= 4 is 23.6 Å². The molecular weight excluding hydrogens is 456 g/mol. The van der Waals surface area contributed by atoms with E-state index in [4.69, 9.17) is 0 Å². The van der Waals surface area contributed by atoms with Gasteiger partial charge in [-0.15, -0.1) is 0 Å². The molecule has 0 aliphatic heterocycles. The van der Waals surface area contributed by atoms with Gasteiger partial charge >= 0.3 is 0 Å². The molecule has 1 aromatic carbocycles. The van der Waals surface area contributed by atoms with Gasteiger partial charge in [0.25, 0.3) is 11.8 Å². The predicted octanol–water partition coefficient (Wildman–Crippen LogP) is 5.49. The largest absolute Gasteiger partial charge is 0.273 e. The normalized spacial score (nSPS) is 10.5. The molecule has 1 rings (SSSR count). The molecule has 0 saturated heterocycles. The Morgan fingerprint density at radius 3 is 1.11 bits per heavy atom. The third-order valence-electron chi connectivity index (χ3n) is 6.05. The van der Waals surface area contributed by atoms with Gasteiger partial charge < -0.3 is 0 Å². The van der Waals surface area contributed by atoms with Crippen molar-refractivity contribution in [2.24, 2.45) is 0 Å². The van der Waals surface area contributed by atoms with Crippen LogP contribution in [0.3, 0.4) is 0 Å². The van der Waals surface area contributed by atoms with Crippen LogP contribution in [0.1, 0.15) is 137 Å². The number of nitrogens with one attached hydrogen (secondary N) is 4. The molecular formula is C28H46N4O4. The monoisotopic (exact) mass is 502 g/mol. The lowest BCUT2D eigenvalue weighted by Crippen LogP contribution is -2.42. The highest BCUT2D eigenvalue weighted by atomic mass is 16.2. The van der Waals surface area contributed by atoms with Crippen LogP contribution in [0.4, 0.5) is 0 Å². The fourth-order valence-electron chi connectivity index (χ4n) is 3.78. The quantitative estimate of drug-likeness (QED) is 0.157. The second-order valence-electron chi connectivity index (χ2n) is 9.32. The number of carbonyl (C=O) groups is 4. The molecule has 0 aliphatic rings. The molecule has 8 heteroatoms. The van der Waals surface area contributed by atoms with Crippen LogP contribution in [0, 0.1) is 0 Å². The first-order valence-corrected chi connectivity index (χ1v) is 13.8. The maximum absolute atomic E-state index is 12.2. The molecule has 1 aromatic rings. The maximum Gasteiger partial charge on any atom is 0.269 e. The molecule has 0 fully saturated rings. The Hall–Kier alpha value is -2.90. The average molecular weight is 503 g/mol. The SMILES string of the molecule is CCCCCCCCCC(=O)NNC(=O)c1ccc(C(=O)NNC(=O)CCCCCCCCC)cc1. The first-order valence-electron chi connectivity index (χ1n) is 13.8. The van der Waals surface area contributed by atoms with Crippen LogP contribution in [0.5, 0.6) is 0 Å². The zero-order chi connectivity index (χ0) is 26.4. The van der Waals surface area contributed by atoms with Crippen molar-refractivity contribution in [1.29, 1.82) is 0 Å². The summed E-state index contributed by atoms with van der Waals surface area (Å²) in [7, 11) is 0. The zero-order valence-corrected chi connectivity index (χ0v) is 22.3. The highest BCUT2D eigenvalue weighted by Gasteiger charge is 2.11. The van der Waals surface area contributed by atoms with Crippen molar-refractivity contribution < 1.29 is 19.2 Å². The Bertz CT molecular complexity index is 715. The number of amides is 4. The molecule has 0 unspecified atom stereocenters. The second kappa shape index (κ2) is 20.3. The van der Waals surface area contributed by atoms with Crippen LogP contribution in [-0.4, -0.2) is 23.6 Å². The number of unbranched alkanes of at least 4 members (excludes halogenated alkanes) is 12. The predicted molar refractivity (Wildman–Crippen MR) is 143 cm³/mol. The van der Waals surface area contributed by atoms with Crippen LogP contribution >= 0.6 is 0 Å². The summed E-state index contributed by atoms with van der Waals surface area (Å²) < 4.78 is 0. The van der Waals surface area contributed by atoms with Gasteiger partial charge in [0.2, 0.25) is 11.8 Å². The van der Waals surface area contributed by atoms with Crippen LogP contribution in [-0.2, 0) is 9.59 Å². The molecule has 0 atom stereocenters. The number of rotatable bonds is 18. The molecule has 4 amide bonds.